The molecule has 0 spiro atoms. The smallest absolute Gasteiger partial charge is 0.321 e. The van der Waals surface area contributed by atoms with Crippen LogP contribution in [0.5, 0.6) is 0 Å². The number of rotatable bonds is 8. The molecule has 2 aromatic rings. The Bertz CT molecular complexity index is 958. The fourth-order valence-electron chi connectivity index (χ4n) is 1.98. The van der Waals surface area contributed by atoms with Gasteiger partial charge in [-0.25, -0.2) is 8.42 Å². The number of benzene rings is 1. The minimum Gasteiger partial charge on any atom is -0.452 e. The van der Waals surface area contributed by atoms with Gasteiger partial charge in [0.05, 0.1) is 14.7 Å². The lowest BCUT2D eigenvalue weighted by molar-refractivity contribution is -0.387. The number of hydrogen-bond acceptors (Lipinski definition) is 10. The van der Waals surface area contributed by atoms with Crippen molar-refractivity contribution in [1.29, 1.82) is 0 Å². The minimum atomic E-state index is -4.15. The van der Waals surface area contributed by atoms with Crippen molar-refractivity contribution in [2.75, 3.05) is 12.8 Å². The van der Waals surface area contributed by atoms with E-state index in [-0.39, 0.29) is 16.5 Å². The van der Waals surface area contributed by atoms with Gasteiger partial charge in [0.1, 0.15) is 6.54 Å². The van der Waals surface area contributed by atoms with E-state index in [0.29, 0.717) is 10.8 Å². The molecule has 1 heterocycles. The molecule has 1 N–H and O–H groups in total. The van der Waals surface area contributed by atoms with Crippen molar-refractivity contribution in [3.63, 3.8) is 0 Å². The Labute approximate surface area is 158 Å². The van der Waals surface area contributed by atoms with Crippen LogP contribution in [0.4, 0.5) is 5.69 Å². The Kier molecular flexibility index (Phi) is 6.51. The highest BCUT2D eigenvalue weighted by Gasteiger charge is 2.23. The van der Waals surface area contributed by atoms with E-state index in [1.54, 1.807) is 13.2 Å². The van der Waals surface area contributed by atoms with Crippen LogP contribution in [0.15, 0.2) is 32.4 Å². The number of nitrogens with one attached hydrogen (secondary N) is 1. The minimum absolute atomic E-state index is 0.0759. The average Bonchev–Trinajstić information content (AvgIpc) is 3.06. The van der Waals surface area contributed by atoms with Crippen LogP contribution < -0.4 is 4.72 Å². The first-order chi connectivity index (χ1) is 12.6. The summed E-state index contributed by atoms with van der Waals surface area (Å²) in [6, 6.07) is 3.48. The molecule has 0 saturated carbocycles. The molecule has 146 valence electrons. The van der Waals surface area contributed by atoms with Crippen molar-refractivity contribution in [3.8, 4) is 0 Å². The fourth-order valence-corrected chi connectivity index (χ4v) is 3.52. The number of nitro groups is 1. The van der Waals surface area contributed by atoms with E-state index >= 15 is 0 Å². The summed E-state index contributed by atoms with van der Waals surface area (Å²) in [4.78, 5) is 22.2. The molecule has 0 radical (unpaired) electrons. The van der Waals surface area contributed by atoms with E-state index in [9.17, 15) is 23.3 Å². The van der Waals surface area contributed by atoms with Gasteiger partial charge in [-0.15, -0.1) is 22.0 Å². The van der Waals surface area contributed by atoms with Gasteiger partial charge in [-0.2, -0.15) is 4.72 Å². The van der Waals surface area contributed by atoms with Crippen molar-refractivity contribution in [1.82, 2.24) is 14.9 Å². The molecule has 1 aromatic carbocycles. The monoisotopic (exact) mass is 416 g/mol. The molecule has 2 rings (SSSR count). The third kappa shape index (κ3) is 5.24. The number of nitro benzene ring substituents is 1. The molecular formula is C14H16N4O7S2. The van der Waals surface area contributed by atoms with Gasteiger partial charge in [-0.1, -0.05) is 0 Å². The zero-order valence-electron chi connectivity index (χ0n) is 14.5. The maximum Gasteiger partial charge on any atom is 0.321 e. The topological polar surface area (TPSA) is 155 Å². The van der Waals surface area contributed by atoms with Crippen LogP contribution in [0.2, 0.25) is 0 Å². The maximum absolute atomic E-state index is 12.3. The Morgan fingerprint density at radius 1 is 1.44 bits per heavy atom. The van der Waals surface area contributed by atoms with Gasteiger partial charge >= 0.3 is 5.97 Å². The Morgan fingerprint density at radius 2 is 2.15 bits per heavy atom. The van der Waals surface area contributed by atoms with Crippen molar-refractivity contribution < 1.29 is 27.3 Å². The molecule has 13 heteroatoms. The summed E-state index contributed by atoms with van der Waals surface area (Å²) < 4.78 is 36.7. The zero-order valence-corrected chi connectivity index (χ0v) is 16.2. The number of carbonyl (C=O) groups excluding carboxylic acids is 1. The average molecular weight is 416 g/mol. The molecular weight excluding hydrogens is 400 g/mol. The summed E-state index contributed by atoms with van der Waals surface area (Å²) in [6.07, 6.45) is 0.779. The largest absolute Gasteiger partial charge is 0.452 e. The summed E-state index contributed by atoms with van der Waals surface area (Å²) >= 11 is 1.12. The molecule has 1 atom stereocenters. The molecule has 11 nitrogen and oxygen atoms in total. The lowest BCUT2D eigenvalue weighted by Gasteiger charge is -2.11. The lowest BCUT2D eigenvalue weighted by atomic mass is 10.3. The number of nitrogens with zero attached hydrogens (tertiary/aromatic N) is 3. The molecule has 0 fully saturated rings. The van der Waals surface area contributed by atoms with Crippen LogP contribution in [0.1, 0.15) is 24.8 Å². The molecule has 27 heavy (non-hydrogen) atoms. The number of carbonyl (C=O) groups is 1. The van der Waals surface area contributed by atoms with Crippen molar-refractivity contribution in [2.24, 2.45) is 0 Å². The van der Waals surface area contributed by atoms with Gasteiger partial charge in [0.15, 0.2) is 6.10 Å². The van der Waals surface area contributed by atoms with E-state index in [4.69, 9.17) is 9.15 Å². The summed E-state index contributed by atoms with van der Waals surface area (Å²) in [5.74, 6) is -0.506. The molecule has 1 unspecified atom stereocenters. The van der Waals surface area contributed by atoms with E-state index in [1.165, 1.54) is 19.1 Å². The van der Waals surface area contributed by atoms with Gasteiger partial charge in [0.25, 0.3) is 11.6 Å². The summed E-state index contributed by atoms with van der Waals surface area (Å²) in [6.45, 7) is 2.39. The second kappa shape index (κ2) is 8.45. The SMILES string of the molecule is CSc1ccc(S(=O)(=O)NCC(=O)OC(C)c2nnc(C)o2)cc1[N+](=O)[O-]. The second-order valence-electron chi connectivity index (χ2n) is 5.21. The summed E-state index contributed by atoms with van der Waals surface area (Å²) in [7, 11) is -4.15. The lowest BCUT2D eigenvalue weighted by Crippen LogP contribution is -2.31. The summed E-state index contributed by atoms with van der Waals surface area (Å²) in [5, 5.41) is 18.4. The number of aryl methyl sites for hydroxylation is 1. The number of esters is 1. The van der Waals surface area contributed by atoms with Crippen molar-refractivity contribution in [3.05, 3.63) is 40.1 Å². The van der Waals surface area contributed by atoms with E-state index in [2.05, 4.69) is 10.2 Å². The maximum atomic E-state index is 12.3. The van der Waals surface area contributed by atoms with Gasteiger partial charge in [0.2, 0.25) is 15.9 Å². The van der Waals surface area contributed by atoms with Crippen molar-refractivity contribution >= 4 is 33.4 Å². The highest BCUT2D eigenvalue weighted by molar-refractivity contribution is 7.98. The Balaban J connectivity index is 2.05. The van der Waals surface area contributed by atoms with Crippen LogP contribution in [-0.2, 0) is 19.6 Å². The van der Waals surface area contributed by atoms with Crippen LogP contribution in [0.3, 0.4) is 0 Å². The first-order valence-electron chi connectivity index (χ1n) is 7.45. The standard InChI is InChI=1S/C14H16N4O7S2/c1-8(14-17-16-9(2)25-14)24-13(19)7-15-27(22,23)10-4-5-12(26-3)11(6-10)18(20)21/h4-6,8,15H,7H2,1-3H3. The van der Waals surface area contributed by atoms with Crippen LogP contribution in [0.25, 0.3) is 0 Å². The molecule has 0 aliphatic heterocycles. The van der Waals surface area contributed by atoms with Crippen LogP contribution >= 0.6 is 11.8 Å². The van der Waals surface area contributed by atoms with E-state index < -0.39 is 33.6 Å². The van der Waals surface area contributed by atoms with Gasteiger partial charge in [-0.05, 0) is 25.3 Å². The first kappa shape index (κ1) is 20.8. The third-order valence-corrected chi connectivity index (χ3v) is 5.45. The zero-order chi connectivity index (χ0) is 20.2. The number of sulfonamides is 1. The number of hydrogen-bond donors (Lipinski definition) is 1. The van der Waals surface area contributed by atoms with Gasteiger partial charge < -0.3 is 9.15 Å². The van der Waals surface area contributed by atoms with Crippen molar-refractivity contribution in [2.45, 2.75) is 29.7 Å². The molecule has 1 aromatic heterocycles. The predicted molar refractivity (Wildman–Crippen MR) is 93.6 cm³/mol. The molecule has 0 saturated heterocycles. The number of aromatic nitrogens is 2. The predicted octanol–water partition coefficient (Wildman–Crippen LogP) is 1.59. The molecule has 0 bridgehead atoms. The van der Waals surface area contributed by atoms with Gasteiger partial charge in [-0.3, -0.25) is 14.9 Å². The molecule has 0 amide bonds. The summed E-state index contributed by atoms with van der Waals surface area (Å²) in [5.41, 5.74) is -0.340. The normalized spacial score (nSPS) is 12.6. The van der Waals surface area contributed by atoms with Crippen LogP contribution in [-0.4, -0.2) is 42.3 Å². The number of ether oxygens (including phenoxy) is 1. The van der Waals surface area contributed by atoms with E-state index in [1.807, 2.05) is 4.72 Å². The Morgan fingerprint density at radius 3 is 2.70 bits per heavy atom. The van der Waals surface area contributed by atoms with Crippen LogP contribution in [0, 0.1) is 17.0 Å². The second-order valence-corrected chi connectivity index (χ2v) is 7.82. The first-order valence-corrected chi connectivity index (χ1v) is 10.2. The highest BCUT2D eigenvalue weighted by atomic mass is 32.2. The third-order valence-electron chi connectivity index (χ3n) is 3.26. The van der Waals surface area contributed by atoms with E-state index in [0.717, 1.165) is 17.8 Å². The molecule has 0 aliphatic carbocycles. The molecule has 0 aliphatic rings. The highest BCUT2D eigenvalue weighted by Crippen LogP contribution is 2.29. The number of thioether (sulfide) groups is 1. The Hall–Kier alpha value is -2.51. The fraction of sp³-hybridized carbons (Fsp3) is 0.357. The van der Waals surface area contributed by atoms with Gasteiger partial charge in [0, 0.05) is 13.0 Å². The quantitative estimate of drug-likeness (QED) is 0.290.